The number of rotatable bonds is 7. The second kappa shape index (κ2) is 12.4. The van der Waals surface area contributed by atoms with E-state index >= 15 is 0 Å². The van der Waals surface area contributed by atoms with Gasteiger partial charge in [-0.15, -0.1) is 0 Å². The van der Waals surface area contributed by atoms with E-state index in [0.29, 0.717) is 47.7 Å². The van der Waals surface area contributed by atoms with Gasteiger partial charge in [-0.3, -0.25) is 14.4 Å². The SMILES string of the molecule is COc1cccc(C(=O)Nc2ccc3c(c2)C(=O)N(C)[C@H]2CC[C@@H](CC(=O)NCc4ccc(F)cc4)O[C@H]2CO3)c1. The van der Waals surface area contributed by atoms with Crippen LogP contribution in [0.2, 0.25) is 0 Å². The fraction of sp³-hybridized carbons (Fsp3) is 0.323. The van der Waals surface area contributed by atoms with Crippen LogP contribution in [0.4, 0.5) is 10.1 Å². The van der Waals surface area contributed by atoms with Crippen LogP contribution in [0.1, 0.15) is 45.5 Å². The molecular weight excluding hydrogens is 529 g/mol. The second-order valence-corrected chi connectivity index (χ2v) is 10.2. The summed E-state index contributed by atoms with van der Waals surface area (Å²) in [6, 6.07) is 17.5. The molecular formula is C31H32FN3O6. The molecule has 2 heterocycles. The quantitative estimate of drug-likeness (QED) is 0.449. The van der Waals surface area contributed by atoms with Crippen molar-refractivity contribution >= 4 is 23.4 Å². The van der Waals surface area contributed by atoms with E-state index in [1.54, 1.807) is 66.5 Å². The lowest BCUT2D eigenvalue weighted by Crippen LogP contribution is -2.53. The van der Waals surface area contributed by atoms with E-state index in [4.69, 9.17) is 14.2 Å². The van der Waals surface area contributed by atoms with Crippen molar-refractivity contribution in [3.8, 4) is 11.5 Å². The van der Waals surface area contributed by atoms with Crippen LogP contribution in [0.5, 0.6) is 11.5 Å². The molecule has 0 aromatic heterocycles. The Bertz CT molecular complexity index is 1430. The highest BCUT2D eigenvalue weighted by atomic mass is 19.1. The van der Waals surface area contributed by atoms with Crippen molar-refractivity contribution in [3.63, 3.8) is 0 Å². The normalized spacial score (nSPS) is 20.0. The molecule has 9 nitrogen and oxygen atoms in total. The van der Waals surface area contributed by atoms with Gasteiger partial charge in [0.25, 0.3) is 11.8 Å². The number of hydrogen-bond acceptors (Lipinski definition) is 6. The third kappa shape index (κ3) is 6.66. The van der Waals surface area contributed by atoms with Crippen molar-refractivity contribution in [3.05, 3.63) is 89.2 Å². The molecule has 5 rings (SSSR count). The summed E-state index contributed by atoms with van der Waals surface area (Å²) in [7, 11) is 3.26. The first-order valence-electron chi connectivity index (χ1n) is 13.5. The molecule has 0 bridgehead atoms. The smallest absolute Gasteiger partial charge is 0.257 e. The summed E-state index contributed by atoms with van der Waals surface area (Å²) in [5.41, 5.74) is 2.04. The van der Waals surface area contributed by atoms with Crippen molar-refractivity contribution in [2.75, 3.05) is 26.1 Å². The molecule has 3 aromatic rings. The minimum absolute atomic E-state index is 0.164. The zero-order valence-electron chi connectivity index (χ0n) is 22.9. The number of ether oxygens (including phenoxy) is 3. The van der Waals surface area contributed by atoms with Gasteiger partial charge in [-0.25, -0.2) is 4.39 Å². The summed E-state index contributed by atoms with van der Waals surface area (Å²) in [6.07, 6.45) is 0.701. The van der Waals surface area contributed by atoms with Crippen LogP contribution in [0, 0.1) is 5.82 Å². The van der Waals surface area contributed by atoms with Crippen molar-refractivity contribution in [2.24, 2.45) is 0 Å². The Morgan fingerprint density at radius 2 is 1.88 bits per heavy atom. The standard InChI is InChI=1S/C31H32FN3O6/c1-35-26-12-11-24(16-29(36)33-17-19-6-8-21(32)9-7-19)41-28(26)18-40-27-13-10-22(15-25(27)31(35)38)34-30(37)20-4-3-5-23(14-20)39-2/h3-10,13-15,24,26,28H,11-12,16-18H2,1-2H3,(H,33,36)(H,34,37)/t24-,26-,28-/m0/s1. The minimum atomic E-state index is -0.409. The van der Waals surface area contributed by atoms with Gasteiger partial charge in [0.05, 0.1) is 31.2 Å². The topological polar surface area (TPSA) is 106 Å². The van der Waals surface area contributed by atoms with Crippen LogP contribution in [0.25, 0.3) is 0 Å². The molecule has 2 aliphatic rings. The fourth-order valence-corrected chi connectivity index (χ4v) is 5.15. The van der Waals surface area contributed by atoms with E-state index in [9.17, 15) is 18.8 Å². The average Bonchev–Trinajstić information content (AvgIpc) is 2.99. The van der Waals surface area contributed by atoms with E-state index < -0.39 is 6.10 Å². The molecule has 3 amide bonds. The molecule has 0 spiro atoms. The van der Waals surface area contributed by atoms with Crippen LogP contribution in [0.15, 0.2) is 66.7 Å². The minimum Gasteiger partial charge on any atom is -0.497 e. The number of hydrogen-bond donors (Lipinski definition) is 2. The van der Waals surface area contributed by atoms with E-state index in [2.05, 4.69) is 10.6 Å². The summed E-state index contributed by atoms with van der Waals surface area (Å²) in [5, 5.41) is 5.68. The maximum absolute atomic E-state index is 13.5. The number of benzene rings is 3. The molecule has 0 radical (unpaired) electrons. The molecule has 1 saturated heterocycles. The van der Waals surface area contributed by atoms with E-state index in [0.717, 1.165) is 5.56 Å². The van der Waals surface area contributed by atoms with Crippen molar-refractivity contribution in [2.45, 2.75) is 44.1 Å². The number of halogens is 1. The Balaban J connectivity index is 1.21. The number of fused-ring (bicyclic) bond motifs is 2. The molecule has 2 N–H and O–H groups in total. The average molecular weight is 562 g/mol. The Labute approximate surface area is 237 Å². The summed E-state index contributed by atoms with van der Waals surface area (Å²) >= 11 is 0. The Morgan fingerprint density at radius 3 is 2.66 bits per heavy atom. The van der Waals surface area contributed by atoms with E-state index in [1.807, 2.05) is 0 Å². The van der Waals surface area contributed by atoms with Crippen LogP contribution >= 0.6 is 0 Å². The van der Waals surface area contributed by atoms with Crippen LogP contribution in [0.3, 0.4) is 0 Å². The first-order valence-corrected chi connectivity index (χ1v) is 13.5. The van der Waals surface area contributed by atoms with Crippen molar-refractivity contribution in [1.29, 1.82) is 0 Å². The zero-order chi connectivity index (χ0) is 28.9. The lowest BCUT2D eigenvalue weighted by Gasteiger charge is -2.42. The Kier molecular flexibility index (Phi) is 8.49. The fourth-order valence-electron chi connectivity index (χ4n) is 5.15. The molecule has 3 aromatic carbocycles. The van der Waals surface area contributed by atoms with Gasteiger partial charge in [-0.1, -0.05) is 18.2 Å². The number of carbonyl (C=O) groups excluding carboxylic acids is 3. The molecule has 10 heteroatoms. The molecule has 214 valence electrons. The monoisotopic (exact) mass is 561 g/mol. The van der Waals surface area contributed by atoms with Crippen molar-refractivity contribution in [1.82, 2.24) is 10.2 Å². The molecule has 1 fully saturated rings. The van der Waals surface area contributed by atoms with Gasteiger partial charge in [0.15, 0.2) is 0 Å². The lowest BCUT2D eigenvalue weighted by atomic mass is 9.94. The third-order valence-corrected chi connectivity index (χ3v) is 7.42. The zero-order valence-corrected chi connectivity index (χ0v) is 22.9. The van der Waals surface area contributed by atoms with Crippen LogP contribution in [-0.2, 0) is 16.1 Å². The van der Waals surface area contributed by atoms with Gasteiger partial charge in [0, 0.05) is 24.8 Å². The molecule has 0 saturated carbocycles. The first kappa shape index (κ1) is 28.1. The van der Waals surface area contributed by atoms with Gasteiger partial charge in [-0.2, -0.15) is 0 Å². The van der Waals surface area contributed by atoms with Crippen molar-refractivity contribution < 1.29 is 33.0 Å². The number of amides is 3. The summed E-state index contributed by atoms with van der Waals surface area (Å²) < 4.78 is 30.6. The second-order valence-electron chi connectivity index (χ2n) is 10.2. The highest BCUT2D eigenvalue weighted by Gasteiger charge is 2.39. The number of carbonyl (C=O) groups is 3. The highest BCUT2D eigenvalue weighted by Crippen LogP contribution is 2.32. The van der Waals surface area contributed by atoms with Gasteiger partial charge < -0.3 is 29.7 Å². The summed E-state index contributed by atoms with van der Waals surface area (Å²) in [6.45, 7) is 0.509. The lowest BCUT2D eigenvalue weighted by molar-refractivity contribution is -0.134. The van der Waals surface area contributed by atoms with E-state index in [1.165, 1.54) is 19.2 Å². The largest absolute Gasteiger partial charge is 0.497 e. The number of methoxy groups -OCH3 is 1. The molecule has 0 aliphatic carbocycles. The summed E-state index contributed by atoms with van der Waals surface area (Å²) in [5.74, 6) is -0.103. The molecule has 2 aliphatic heterocycles. The molecule has 41 heavy (non-hydrogen) atoms. The summed E-state index contributed by atoms with van der Waals surface area (Å²) in [4.78, 5) is 40.5. The number of likely N-dealkylation sites (N-methyl/N-ethyl adjacent to an activating group) is 1. The van der Waals surface area contributed by atoms with Gasteiger partial charge in [0.2, 0.25) is 5.91 Å². The first-order chi connectivity index (χ1) is 19.8. The maximum atomic E-state index is 13.5. The Hall–Kier alpha value is -4.44. The van der Waals surface area contributed by atoms with Gasteiger partial charge in [-0.05, 0) is 66.9 Å². The van der Waals surface area contributed by atoms with Crippen LogP contribution < -0.4 is 20.1 Å². The highest BCUT2D eigenvalue weighted by molar-refractivity contribution is 6.05. The number of nitrogens with one attached hydrogen (secondary N) is 2. The number of nitrogens with zero attached hydrogens (tertiary/aromatic N) is 1. The maximum Gasteiger partial charge on any atom is 0.257 e. The van der Waals surface area contributed by atoms with E-state index in [-0.39, 0.29) is 48.7 Å². The van der Waals surface area contributed by atoms with Gasteiger partial charge >= 0.3 is 0 Å². The third-order valence-electron chi connectivity index (χ3n) is 7.42. The Morgan fingerprint density at radius 1 is 1.07 bits per heavy atom. The number of anilines is 1. The van der Waals surface area contributed by atoms with Gasteiger partial charge in [0.1, 0.15) is 30.0 Å². The van der Waals surface area contributed by atoms with Crippen LogP contribution in [-0.4, -0.2) is 61.6 Å². The predicted molar refractivity (Wildman–Crippen MR) is 150 cm³/mol. The molecule has 0 unspecified atom stereocenters. The molecule has 3 atom stereocenters. The predicted octanol–water partition coefficient (Wildman–Crippen LogP) is 4.17.